The summed E-state index contributed by atoms with van der Waals surface area (Å²) in [5.74, 6) is 1.25. The standard InChI is InChI=1S/C16H18ClN5/c1-10-9-19-15(22-16(2,3)4)21-14(10)20-12-6-5-11(8-18)13(17)7-12/h5-7,9H,1-4H3,(H2,19,20,21,22). The second-order valence-electron chi connectivity index (χ2n) is 6.03. The second kappa shape index (κ2) is 6.20. The largest absolute Gasteiger partial charge is 0.350 e. The van der Waals surface area contributed by atoms with Crippen molar-refractivity contribution in [1.82, 2.24) is 9.97 Å². The Labute approximate surface area is 135 Å². The number of benzene rings is 1. The Morgan fingerprint density at radius 2 is 2.00 bits per heavy atom. The van der Waals surface area contributed by atoms with Crippen LogP contribution in [0.4, 0.5) is 17.5 Å². The normalized spacial score (nSPS) is 10.9. The first-order valence-corrected chi connectivity index (χ1v) is 7.25. The number of nitrogens with zero attached hydrogens (tertiary/aromatic N) is 3. The molecule has 22 heavy (non-hydrogen) atoms. The van der Waals surface area contributed by atoms with Crippen LogP contribution in [0.5, 0.6) is 0 Å². The molecule has 2 aromatic rings. The number of hydrogen-bond acceptors (Lipinski definition) is 5. The molecular formula is C16H18ClN5. The molecule has 2 rings (SSSR count). The van der Waals surface area contributed by atoms with Crippen LogP contribution < -0.4 is 10.6 Å². The molecule has 6 heteroatoms. The Hall–Kier alpha value is -2.32. The average Bonchev–Trinajstić information content (AvgIpc) is 2.41. The lowest BCUT2D eigenvalue weighted by Gasteiger charge is -2.21. The fourth-order valence-corrected chi connectivity index (χ4v) is 2.01. The molecule has 2 N–H and O–H groups in total. The van der Waals surface area contributed by atoms with Crippen LogP contribution in [0.15, 0.2) is 24.4 Å². The van der Waals surface area contributed by atoms with E-state index >= 15 is 0 Å². The number of aryl methyl sites for hydroxylation is 1. The Kier molecular flexibility index (Phi) is 4.53. The Morgan fingerprint density at radius 1 is 1.27 bits per heavy atom. The highest BCUT2D eigenvalue weighted by Gasteiger charge is 2.12. The van der Waals surface area contributed by atoms with Crippen LogP contribution in [-0.2, 0) is 0 Å². The van der Waals surface area contributed by atoms with Gasteiger partial charge in [0.2, 0.25) is 5.95 Å². The van der Waals surface area contributed by atoms with Crippen molar-refractivity contribution in [2.45, 2.75) is 33.2 Å². The molecule has 0 saturated heterocycles. The van der Waals surface area contributed by atoms with Gasteiger partial charge in [-0.3, -0.25) is 0 Å². The highest BCUT2D eigenvalue weighted by molar-refractivity contribution is 6.32. The van der Waals surface area contributed by atoms with E-state index in [0.29, 0.717) is 22.4 Å². The maximum atomic E-state index is 8.90. The number of nitriles is 1. The van der Waals surface area contributed by atoms with Crippen LogP contribution in [-0.4, -0.2) is 15.5 Å². The zero-order valence-electron chi connectivity index (χ0n) is 13.0. The van der Waals surface area contributed by atoms with Gasteiger partial charge in [0, 0.05) is 23.0 Å². The summed E-state index contributed by atoms with van der Waals surface area (Å²) in [7, 11) is 0. The molecule has 0 atom stereocenters. The van der Waals surface area contributed by atoms with Gasteiger partial charge in [-0.15, -0.1) is 0 Å². The zero-order chi connectivity index (χ0) is 16.3. The van der Waals surface area contributed by atoms with E-state index in [2.05, 4.69) is 20.6 Å². The lowest BCUT2D eigenvalue weighted by molar-refractivity contribution is 0.626. The topological polar surface area (TPSA) is 73.6 Å². The van der Waals surface area contributed by atoms with Gasteiger partial charge in [0.15, 0.2) is 0 Å². The van der Waals surface area contributed by atoms with Gasteiger partial charge >= 0.3 is 0 Å². The van der Waals surface area contributed by atoms with E-state index in [4.69, 9.17) is 16.9 Å². The minimum Gasteiger partial charge on any atom is -0.350 e. The first-order valence-electron chi connectivity index (χ1n) is 6.87. The van der Waals surface area contributed by atoms with Gasteiger partial charge < -0.3 is 10.6 Å². The molecule has 1 aromatic carbocycles. The molecule has 0 aliphatic rings. The third-order valence-electron chi connectivity index (χ3n) is 2.81. The monoisotopic (exact) mass is 315 g/mol. The van der Waals surface area contributed by atoms with E-state index < -0.39 is 0 Å². The third-order valence-corrected chi connectivity index (χ3v) is 3.12. The smallest absolute Gasteiger partial charge is 0.225 e. The van der Waals surface area contributed by atoms with Crippen LogP contribution in [0.1, 0.15) is 31.9 Å². The molecule has 1 heterocycles. The first-order chi connectivity index (χ1) is 10.3. The van der Waals surface area contributed by atoms with Crippen LogP contribution >= 0.6 is 11.6 Å². The summed E-state index contributed by atoms with van der Waals surface area (Å²) < 4.78 is 0. The molecule has 0 aliphatic heterocycles. The van der Waals surface area contributed by atoms with Crippen molar-refractivity contribution >= 4 is 29.1 Å². The van der Waals surface area contributed by atoms with Crippen molar-refractivity contribution < 1.29 is 0 Å². The van der Waals surface area contributed by atoms with E-state index in [9.17, 15) is 0 Å². The molecule has 1 aromatic heterocycles. The van der Waals surface area contributed by atoms with E-state index in [-0.39, 0.29) is 5.54 Å². The summed E-state index contributed by atoms with van der Waals surface area (Å²) in [4.78, 5) is 8.76. The van der Waals surface area contributed by atoms with Crippen molar-refractivity contribution in [2.24, 2.45) is 0 Å². The van der Waals surface area contributed by atoms with Crippen LogP contribution in [0.25, 0.3) is 0 Å². The van der Waals surface area contributed by atoms with Crippen LogP contribution in [0, 0.1) is 18.3 Å². The first kappa shape index (κ1) is 16.1. The van der Waals surface area contributed by atoms with Crippen LogP contribution in [0.2, 0.25) is 5.02 Å². The van der Waals surface area contributed by atoms with Crippen molar-refractivity contribution in [3.05, 3.63) is 40.5 Å². The molecule has 0 aliphatic carbocycles. The Morgan fingerprint density at radius 3 is 2.59 bits per heavy atom. The van der Waals surface area contributed by atoms with Gasteiger partial charge in [0.25, 0.3) is 0 Å². The third kappa shape index (κ3) is 4.09. The number of hydrogen-bond donors (Lipinski definition) is 2. The summed E-state index contributed by atoms with van der Waals surface area (Å²) in [5.41, 5.74) is 2.01. The van der Waals surface area contributed by atoms with Crippen molar-refractivity contribution in [1.29, 1.82) is 5.26 Å². The number of halogens is 1. The lowest BCUT2D eigenvalue weighted by Crippen LogP contribution is -2.27. The molecular weight excluding hydrogens is 298 g/mol. The van der Waals surface area contributed by atoms with Gasteiger partial charge in [0.1, 0.15) is 11.9 Å². The average molecular weight is 316 g/mol. The predicted octanol–water partition coefficient (Wildman–Crippen LogP) is 4.26. The summed E-state index contributed by atoms with van der Waals surface area (Å²) in [6.07, 6.45) is 1.76. The summed E-state index contributed by atoms with van der Waals surface area (Å²) >= 11 is 6.05. The quantitative estimate of drug-likeness (QED) is 0.885. The molecule has 0 unspecified atom stereocenters. The van der Waals surface area contributed by atoms with Crippen molar-refractivity contribution in [2.75, 3.05) is 10.6 Å². The molecule has 0 amide bonds. The van der Waals surface area contributed by atoms with Crippen molar-refractivity contribution in [3.63, 3.8) is 0 Å². The van der Waals surface area contributed by atoms with E-state index in [1.54, 1.807) is 24.4 Å². The maximum Gasteiger partial charge on any atom is 0.225 e. The van der Waals surface area contributed by atoms with Gasteiger partial charge in [-0.05, 0) is 45.9 Å². The van der Waals surface area contributed by atoms with Gasteiger partial charge in [-0.25, -0.2) is 4.98 Å². The van der Waals surface area contributed by atoms with Crippen molar-refractivity contribution in [3.8, 4) is 6.07 Å². The number of nitrogens with one attached hydrogen (secondary N) is 2. The highest BCUT2D eigenvalue weighted by atomic mass is 35.5. The minimum atomic E-state index is -0.121. The Bertz CT molecular complexity index is 728. The molecule has 0 radical (unpaired) electrons. The van der Waals surface area contributed by atoms with E-state index in [0.717, 1.165) is 11.3 Å². The van der Waals surface area contributed by atoms with Crippen LogP contribution in [0.3, 0.4) is 0 Å². The fourth-order valence-electron chi connectivity index (χ4n) is 1.78. The number of anilines is 3. The molecule has 114 valence electrons. The van der Waals surface area contributed by atoms with E-state index in [1.165, 1.54) is 0 Å². The van der Waals surface area contributed by atoms with Gasteiger partial charge in [-0.1, -0.05) is 11.6 Å². The highest BCUT2D eigenvalue weighted by Crippen LogP contribution is 2.24. The summed E-state index contributed by atoms with van der Waals surface area (Å²) in [6.45, 7) is 8.06. The predicted molar refractivity (Wildman–Crippen MR) is 89.6 cm³/mol. The number of aromatic nitrogens is 2. The van der Waals surface area contributed by atoms with Gasteiger partial charge in [0.05, 0.1) is 10.6 Å². The SMILES string of the molecule is Cc1cnc(NC(C)(C)C)nc1Nc1ccc(C#N)c(Cl)c1. The maximum absolute atomic E-state index is 8.90. The zero-order valence-corrected chi connectivity index (χ0v) is 13.8. The lowest BCUT2D eigenvalue weighted by atomic mass is 10.1. The summed E-state index contributed by atoms with van der Waals surface area (Å²) in [6, 6.07) is 7.21. The second-order valence-corrected chi connectivity index (χ2v) is 6.44. The summed E-state index contributed by atoms with van der Waals surface area (Å²) in [5, 5.41) is 15.8. The number of rotatable bonds is 3. The Balaban J connectivity index is 2.27. The molecule has 0 bridgehead atoms. The molecule has 0 spiro atoms. The molecule has 0 fully saturated rings. The molecule has 5 nitrogen and oxygen atoms in total. The van der Waals surface area contributed by atoms with Gasteiger partial charge in [-0.2, -0.15) is 10.2 Å². The fraction of sp³-hybridized carbons (Fsp3) is 0.312. The molecule has 0 saturated carbocycles. The van der Waals surface area contributed by atoms with E-state index in [1.807, 2.05) is 33.8 Å². The minimum absolute atomic E-state index is 0.121.